The topological polar surface area (TPSA) is 142 Å². The van der Waals surface area contributed by atoms with E-state index in [1.54, 1.807) is 0 Å². The van der Waals surface area contributed by atoms with Crippen LogP contribution in [0.15, 0.2) is 12.1 Å². The van der Waals surface area contributed by atoms with Gasteiger partial charge < -0.3 is 32.0 Å². The minimum absolute atomic E-state index is 0. The number of amides is 1. The maximum Gasteiger partial charge on any atom is 0.251 e. The van der Waals surface area contributed by atoms with E-state index in [0.29, 0.717) is 28.4 Å². The highest BCUT2D eigenvalue weighted by molar-refractivity contribution is 6.33. The predicted octanol–water partition coefficient (Wildman–Crippen LogP) is 0.258. The first-order valence-electron chi connectivity index (χ1n) is 6.72. The van der Waals surface area contributed by atoms with Crippen LogP contribution in [0.2, 0.25) is 5.02 Å². The average molecular weight is 372 g/mol. The van der Waals surface area contributed by atoms with Crippen LogP contribution in [0.25, 0.3) is 0 Å². The third-order valence-corrected chi connectivity index (χ3v) is 3.57. The molecule has 9 heteroatoms. The predicted molar refractivity (Wildman–Crippen MR) is 96.4 cm³/mol. The number of carbonyl (C=O) groups excluding carboxylic acids is 1. The number of hydrogen-bond donors (Lipinski definition) is 3. The van der Waals surface area contributed by atoms with Crippen LogP contribution in [0.1, 0.15) is 29.8 Å². The van der Waals surface area contributed by atoms with Crippen LogP contribution in [0.5, 0.6) is 0 Å². The van der Waals surface area contributed by atoms with Gasteiger partial charge in [-0.2, -0.15) is 0 Å². The smallest absolute Gasteiger partial charge is 0.251 e. The van der Waals surface area contributed by atoms with Crippen LogP contribution in [0, 0.1) is 0 Å². The van der Waals surface area contributed by atoms with E-state index < -0.39 is 0 Å². The fourth-order valence-electron chi connectivity index (χ4n) is 1.94. The van der Waals surface area contributed by atoms with E-state index in [2.05, 4.69) is 24.1 Å². The fourth-order valence-corrected chi connectivity index (χ4v) is 2.11. The highest BCUT2D eigenvalue weighted by Gasteiger charge is 2.13. The quantitative estimate of drug-likeness (QED) is 0.590. The number of aliphatic hydroxyl groups is 1. The van der Waals surface area contributed by atoms with Crippen LogP contribution in [0.3, 0.4) is 0 Å². The molecule has 0 atom stereocenters. The SMILES string of the molecule is CCN(CC)CCNC(=O)c1cc(Cl)c(N)cc1CO.Cl.O.O. The van der Waals surface area contributed by atoms with Crippen molar-refractivity contribution in [3.05, 3.63) is 28.3 Å². The number of nitrogens with two attached hydrogens (primary N) is 1. The Bertz CT molecular complexity index is 472. The first-order chi connectivity index (χ1) is 9.53. The zero-order valence-corrected chi connectivity index (χ0v) is 14.9. The minimum atomic E-state index is -0.250. The van der Waals surface area contributed by atoms with Crippen molar-refractivity contribution in [2.24, 2.45) is 0 Å². The summed E-state index contributed by atoms with van der Waals surface area (Å²) < 4.78 is 0. The molecule has 0 aliphatic heterocycles. The summed E-state index contributed by atoms with van der Waals surface area (Å²) >= 11 is 5.92. The largest absolute Gasteiger partial charge is 0.412 e. The van der Waals surface area contributed by atoms with Gasteiger partial charge in [0.1, 0.15) is 0 Å². The van der Waals surface area contributed by atoms with E-state index in [4.69, 9.17) is 17.3 Å². The first-order valence-corrected chi connectivity index (χ1v) is 7.10. The van der Waals surface area contributed by atoms with Gasteiger partial charge in [-0.25, -0.2) is 0 Å². The number of nitrogens with one attached hydrogen (secondary N) is 1. The molecule has 0 fully saturated rings. The second-order valence-electron chi connectivity index (χ2n) is 4.47. The van der Waals surface area contributed by atoms with Gasteiger partial charge in [-0.05, 0) is 30.8 Å². The third-order valence-electron chi connectivity index (χ3n) is 3.25. The summed E-state index contributed by atoms with van der Waals surface area (Å²) in [5.74, 6) is -0.247. The molecule has 0 heterocycles. The molecule has 0 spiro atoms. The van der Waals surface area contributed by atoms with Gasteiger partial charge in [0.25, 0.3) is 5.91 Å². The first kappa shape index (κ1) is 26.8. The van der Waals surface area contributed by atoms with Crippen LogP contribution in [-0.4, -0.2) is 53.0 Å². The summed E-state index contributed by atoms with van der Waals surface area (Å²) in [6, 6.07) is 3.02. The van der Waals surface area contributed by atoms with Crippen molar-refractivity contribution in [2.45, 2.75) is 20.5 Å². The second-order valence-corrected chi connectivity index (χ2v) is 4.88. The molecule has 0 radical (unpaired) electrons. The Labute approximate surface area is 147 Å². The van der Waals surface area contributed by atoms with Crippen molar-refractivity contribution in [3.8, 4) is 0 Å². The summed E-state index contributed by atoms with van der Waals surface area (Å²) in [7, 11) is 0. The normalized spacial score (nSPS) is 9.43. The highest BCUT2D eigenvalue weighted by Crippen LogP contribution is 2.23. The van der Waals surface area contributed by atoms with Crippen molar-refractivity contribution in [1.29, 1.82) is 0 Å². The molecule has 23 heavy (non-hydrogen) atoms. The Kier molecular flexibility index (Phi) is 15.6. The number of rotatable bonds is 7. The standard InChI is InChI=1S/C14H22ClN3O2.ClH.2H2O/c1-3-18(4-2)6-5-17-14(20)11-8-12(15)13(16)7-10(11)9-19;;;/h7-8,19H,3-6,9,16H2,1-2H3,(H,17,20);1H;2*1H2. The molecule has 8 N–H and O–H groups in total. The van der Waals surface area contributed by atoms with Crippen LogP contribution < -0.4 is 11.1 Å². The van der Waals surface area contributed by atoms with E-state index in [0.717, 1.165) is 19.6 Å². The van der Waals surface area contributed by atoms with Crippen molar-refractivity contribution in [1.82, 2.24) is 10.2 Å². The van der Waals surface area contributed by atoms with Crippen molar-refractivity contribution in [3.63, 3.8) is 0 Å². The molecule has 1 rings (SSSR count). The van der Waals surface area contributed by atoms with Crippen molar-refractivity contribution in [2.75, 3.05) is 31.9 Å². The summed E-state index contributed by atoms with van der Waals surface area (Å²) in [4.78, 5) is 14.3. The van der Waals surface area contributed by atoms with Crippen LogP contribution >= 0.6 is 24.0 Å². The molecule has 0 saturated heterocycles. The number of hydrogen-bond acceptors (Lipinski definition) is 4. The van der Waals surface area contributed by atoms with Gasteiger partial charge in [-0.15, -0.1) is 12.4 Å². The molecular weight excluding hydrogens is 345 g/mol. The van der Waals surface area contributed by atoms with Crippen molar-refractivity contribution >= 4 is 35.6 Å². The summed E-state index contributed by atoms with van der Waals surface area (Å²) in [6.07, 6.45) is 0. The average Bonchev–Trinajstić information content (AvgIpc) is 2.45. The van der Waals surface area contributed by atoms with Crippen molar-refractivity contribution < 1.29 is 20.9 Å². The van der Waals surface area contributed by atoms with Gasteiger partial charge in [-0.1, -0.05) is 25.4 Å². The minimum Gasteiger partial charge on any atom is -0.412 e. The number of nitrogen functional groups attached to an aromatic ring is 1. The van der Waals surface area contributed by atoms with Crippen LogP contribution in [-0.2, 0) is 6.61 Å². The van der Waals surface area contributed by atoms with Gasteiger partial charge in [0, 0.05) is 18.7 Å². The number of likely N-dealkylation sites (N-methyl/N-ethyl adjacent to an activating group) is 1. The van der Waals surface area contributed by atoms with E-state index in [1.807, 2.05) is 0 Å². The monoisotopic (exact) mass is 371 g/mol. The molecule has 7 nitrogen and oxygen atoms in total. The highest BCUT2D eigenvalue weighted by atomic mass is 35.5. The molecule has 0 aliphatic carbocycles. The van der Waals surface area contributed by atoms with Gasteiger partial charge in [-0.3, -0.25) is 4.79 Å². The zero-order chi connectivity index (χ0) is 15.1. The molecule has 1 amide bonds. The number of benzene rings is 1. The van der Waals surface area contributed by atoms with Gasteiger partial charge in [0.2, 0.25) is 0 Å². The third kappa shape index (κ3) is 7.83. The van der Waals surface area contributed by atoms with Gasteiger partial charge in [0.05, 0.1) is 17.3 Å². The van der Waals surface area contributed by atoms with E-state index >= 15 is 0 Å². The summed E-state index contributed by atoms with van der Waals surface area (Å²) in [5, 5.41) is 12.4. The zero-order valence-electron chi connectivity index (χ0n) is 13.4. The lowest BCUT2D eigenvalue weighted by Crippen LogP contribution is -2.35. The van der Waals surface area contributed by atoms with Gasteiger partial charge >= 0.3 is 0 Å². The van der Waals surface area contributed by atoms with E-state index in [-0.39, 0.29) is 35.9 Å². The molecule has 0 aliphatic rings. The number of anilines is 1. The van der Waals surface area contributed by atoms with Crippen LogP contribution in [0.4, 0.5) is 5.69 Å². The molecule has 0 aromatic heterocycles. The van der Waals surface area contributed by atoms with Gasteiger partial charge in [0.15, 0.2) is 0 Å². The summed E-state index contributed by atoms with van der Waals surface area (Å²) in [6.45, 7) is 7.14. The molecule has 1 aromatic rings. The van der Waals surface area contributed by atoms with E-state index in [1.165, 1.54) is 12.1 Å². The Balaban J connectivity index is -0.00000133. The Morgan fingerprint density at radius 2 is 1.87 bits per heavy atom. The Morgan fingerprint density at radius 1 is 1.30 bits per heavy atom. The Hall–Kier alpha value is -1.09. The maximum atomic E-state index is 12.1. The molecule has 0 unspecified atom stereocenters. The molecular formula is C14H27Cl2N3O4. The Morgan fingerprint density at radius 3 is 2.35 bits per heavy atom. The lowest BCUT2D eigenvalue weighted by molar-refractivity contribution is 0.0946. The summed E-state index contributed by atoms with van der Waals surface area (Å²) in [5.41, 5.74) is 6.86. The maximum absolute atomic E-state index is 12.1. The fraction of sp³-hybridized carbons (Fsp3) is 0.500. The lowest BCUT2D eigenvalue weighted by Gasteiger charge is -2.18. The number of halogens is 2. The second kappa shape index (κ2) is 13.4. The molecule has 0 bridgehead atoms. The molecule has 1 aromatic carbocycles. The number of aliphatic hydroxyl groups excluding tert-OH is 1. The van der Waals surface area contributed by atoms with E-state index in [9.17, 15) is 9.90 Å². The lowest BCUT2D eigenvalue weighted by atomic mass is 10.1. The molecule has 0 saturated carbocycles. The number of nitrogens with zero attached hydrogens (tertiary/aromatic N) is 1. The molecule has 136 valence electrons. The number of carbonyl (C=O) groups is 1.